The first-order valence-corrected chi connectivity index (χ1v) is 16.9. The number of esters is 1. The van der Waals surface area contributed by atoms with Crippen molar-refractivity contribution in [1.82, 2.24) is 10.2 Å². The smallest absolute Gasteiger partial charge is 0.312 e. The van der Waals surface area contributed by atoms with Crippen LogP contribution in [0.3, 0.4) is 0 Å². The number of para-hydroxylation sites is 1. The molecule has 0 aliphatic carbocycles. The quantitative estimate of drug-likeness (QED) is 0.168. The number of alkyl halides is 1. The van der Waals surface area contributed by atoms with Crippen molar-refractivity contribution >= 4 is 56.9 Å². The number of benzene rings is 2. The van der Waals surface area contributed by atoms with Crippen molar-refractivity contribution in [2.24, 2.45) is 11.8 Å². The number of nitrogens with one attached hydrogen (secondary N) is 1. The molecule has 3 fully saturated rings. The van der Waals surface area contributed by atoms with Crippen LogP contribution in [0.1, 0.15) is 37.8 Å². The van der Waals surface area contributed by atoms with Crippen LogP contribution in [-0.2, 0) is 28.7 Å². The number of likely N-dealkylation sites (tertiary alicyclic amines) is 1. The van der Waals surface area contributed by atoms with Crippen LogP contribution >= 0.6 is 27.5 Å². The number of aliphatic hydroxyl groups is 1. The van der Waals surface area contributed by atoms with Crippen LogP contribution in [0.5, 0.6) is 0 Å². The number of carbonyl (C=O) groups excluding carboxylic acids is 4. The molecule has 3 aliphatic rings. The molecular formula is C35H39BrClN3O7. The van der Waals surface area contributed by atoms with E-state index < -0.39 is 66.1 Å². The van der Waals surface area contributed by atoms with E-state index in [4.69, 9.17) is 21.1 Å². The van der Waals surface area contributed by atoms with Crippen molar-refractivity contribution in [3.63, 3.8) is 0 Å². The minimum atomic E-state index is -1.41. The van der Waals surface area contributed by atoms with Crippen LogP contribution in [0.15, 0.2) is 79.9 Å². The Morgan fingerprint density at radius 3 is 2.55 bits per heavy atom. The first-order chi connectivity index (χ1) is 22.6. The number of aliphatic hydroxyl groups excluding tert-OH is 1. The summed E-state index contributed by atoms with van der Waals surface area (Å²) >= 11 is 10.2. The van der Waals surface area contributed by atoms with Crippen molar-refractivity contribution < 1.29 is 33.8 Å². The summed E-state index contributed by atoms with van der Waals surface area (Å²) in [7, 11) is 0. The molecule has 0 radical (unpaired) electrons. The van der Waals surface area contributed by atoms with Crippen LogP contribution in [0.4, 0.5) is 5.69 Å². The molecule has 3 saturated heterocycles. The first kappa shape index (κ1) is 34.8. The van der Waals surface area contributed by atoms with E-state index in [-0.39, 0.29) is 36.7 Å². The maximum Gasteiger partial charge on any atom is 0.312 e. The van der Waals surface area contributed by atoms with E-state index in [0.29, 0.717) is 22.7 Å². The highest BCUT2D eigenvalue weighted by molar-refractivity contribution is 9.09. The summed E-state index contributed by atoms with van der Waals surface area (Å²) in [5, 5.41) is 13.8. The number of hydrogen-bond acceptors (Lipinski definition) is 7. The molecule has 1 unspecified atom stereocenters. The van der Waals surface area contributed by atoms with Crippen LogP contribution < -0.4 is 10.2 Å². The first-order valence-electron chi connectivity index (χ1n) is 15.6. The number of halogens is 2. The van der Waals surface area contributed by atoms with Gasteiger partial charge in [-0.05, 0) is 37.5 Å². The number of amides is 3. The standard InChI is InChI=1S/C35H39BrClN3O7/c1-4-6-16-27(42)38-19-21(3)46-34(45)28-29-32(43)40(26(20-41)22-12-8-7-9-13-22)31(35(29)18-23(36)30(28)47-35)33(44)39(17-5-2)25-15-11-10-14-24(25)37/h4-5,7-15,21,23,26,28-31,41H,1-2,6,16-20H2,3H3,(H,38,42)/t21-,23?,26+,28-,29+,30-,31-,35+/m0/s1. The molecule has 47 heavy (non-hydrogen) atoms. The lowest BCUT2D eigenvalue weighted by atomic mass is 9.70. The number of ether oxygens (including phenoxy) is 2. The van der Waals surface area contributed by atoms with Gasteiger partial charge in [0.1, 0.15) is 17.7 Å². The van der Waals surface area contributed by atoms with Gasteiger partial charge in [-0.15, -0.1) is 13.2 Å². The molecule has 250 valence electrons. The Bertz CT molecular complexity index is 1530. The predicted molar refractivity (Wildman–Crippen MR) is 181 cm³/mol. The lowest BCUT2D eigenvalue weighted by Crippen LogP contribution is -2.57. The van der Waals surface area contributed by atoms with E-state index in [1.54, 1.807) is 67.6 Å². The van der Waals surface area contributed by atoms with Crippen LogP contribution in [0.2, 0.25) is 5.02 Å². The molecule has 0 saturated carbocycles. The Hall–Kier alpha value is -3.51. The van der Waals surface area contributed by atoms with E-state index in [1.165, 1.54) is 9.80 Å². The number of fused-ring (bicyclic) bond motifs is 1. The van der Waals surface area contributed by atoms with Gasteiger partial charge in [0.25, 0.3) is 5.91 Å². The third-order valence-electron chi connectivity index (χ3n) is 9.13. The van der Waals surface area contributed by atoms with Gasteiger partial charge < -0.3 is 29.7 Å². The van der Waals surface area contributed by atoms with Gasteiger partial charge in [-0.1, -0.05) is 82.1 Å². The minimum absolute atomic E-state index is 0.0830. The predicted octanol–water partition coefficient (Wildman–Crippen LogP) is 4.35. The fourth-order valence-corrected chi connectivity index (χ4v) is 8.31. The molecule has 2 aromatic carbocycles. The Kier molecular flexibility index (Phi) is 10.9. The van der Waals surface area contributed by atoms with Gasteiger partial charge in [0.2, 0.25) is 11.8 Å². The molecule has 0 aromatic heterocycles. The average molecular weight is 729 g/mol. The van der Waals surface area contributed by atoms with Gasteiger partial charge in [0.15, 0.2) is 0 Å². The van der Waals surface area contributed by atoms with Crippen molar-refractivity contribution in [3.05, 3.63) is 90.5 Å². The molecule has 10 nitrogen and oxygen atoms in total. The topological polar surface area (TPSA) is 125 Å². The van der Waals surface area contributed by atoms with Crippen molar-refractivity contribution in [1.29, 1.82) is 0 Å². The van der Waals surface area contributed by atoms with Crippen LogP contribution in [0, 0.1) is 11.8 Å². The van der Waals surface area contributed by atoms with Crippen LogP contribution in [-0.4, -0.2) is 82.1 Å². The Labute approximate surface area is 287 Å². The molecule has 8 atom stereocenters. The molecular weight excluding hydrogens is 690 g/mol. The van der Waals surface area contributed by atoms with Gasteiger partial charge in [0.05, 0.1) is 47.8 Å². The normalized spacial score (nSPS) is 27.1. The zero-order valence-electron chi connectivity index (χ0n) is 26.1. The fraction of sp³-hybridized carbons (Fsp3) is 0.429. The summed E-state index contributed by atoms with van der Waals surface area (Å²) < 4.78 is 12.4. The van der Waals surface area contributed by atoms with Gasteiger partial charge >= 0.3 is 5.97 Å². The molecule has 3 amide bonds. The lowest BCUT2D eigenvalue weighted by Gasteiger charge is -2.39. The summed E-state index contributed by atoms with van der Waals surface area (Å²) in [5.74, 6) is -3.92. The largest absolute Gasteiger partial charge is 0.460 e. The zero-order valence-corrected chi connectivity index (χ0v) is 28.4. The van der Waals surface area contributed by atoms with E-state index >= 15 is 0 Å². The number of carbonyl (C=O) groups is 4. The second kappa shape index (κ2) is 14.7. The summed E-state index contributed by atoms with van der Waals surface area (Å²) in [6.45, 7) is 8.80. The molecule has 5 rings (SSSR count). The average Bonchev–Trinajstić information content (AvgIpc) is 3.66. The maximum absolute atomic E-state index is 14.9. The van der Waals surface area contributed by atoms with E-state index in [0.717, 1.165) is 0 Å². The second-order valence-corrected chi connectivity index (χ2v) is 13.7. The van der Waals surface area contributed by atoms with Crippen LogP contribution in [0.25, 0.3) is 0 Å². The summed E-state index contributed by atoms with van der Waals surface area (Å²) in [5.41, 5.74) is -0.369. The number of nitrogens with zero attached hydrogens (tertiary/aromatic N) is 2. The van der Waals surface area contributed by atoms with E-state index in [1.807, 2.05) is 6.07 Å². The molecule has 3 heterocycles. The highest BCUT2D eigenvalue weighted by Gasteiger charge is 2.77. The van der Waals surface area contributed by atoms with Crippen molar-refractivity contribution in [3.8, 4) is 0 Å². The summed E-state index contributed by atoms with van der Waals surface area (Å²) in [6.07, 6.45) is 2.82. The number of hydrogen-bond donors (Lipinski definition) is 2. The Balaban J connectivity index is 1.53. The zero-order chi connectivity index (χ0) is 33.9. The van der Waals surface area contributed by atoms with Gasteiger partial charge in [-0.3, -0.25) is 19.2 Å². The highest BCUT2D eigenvalue weighted by Crippen LogP contribution is 2.61. The lowest BCUT2D eigenvalue weighted by molar-refractivity contribution is -0.159. The Morgan fingerprint density at radius 1 is 1.19 bits per heavy atom. The fourth-order valence-electron chi connectivity index (χ4n) is 7.13. The van der Waals surface area contributed by atoms with Crippen molar-refractivity contribution in [2.75, 3.05) is 24.6 Å². The van der Waals surface area contributed by atoms with Gasteiger partial charge in [-0.2, -0.15) is 0 Å². The van der Waals surface area contributed by atoms with E-state index in [9.17, 15) is 24.3 Å². The van der Waals surface area contributed by atoms with E-state index in [2.05, 4.69) is 34.4 Å². The molecule has 12 heteroatoms. The third kappa shape index (κ3) is 6.50. The Morgan fingerprint density at radius 2 is 1.89 bits per heavy atom. The maximum atomic E-state index is 14.9. The van der Waals surface area contributed by atoms with Gasteiger partial charge in [0, 0.05) is 17.8 Å². The second-order valence-electron chi connectivity index (χ2n) is 12.1. The molecule has 1 spiro atoms. The SMILES string of the molecule is C=CCCC(=O)NC[C@H](C)OC(=O)[C@@H]1[C@H]2O[C@@]3(CC2Br)[C@H](C(=O)N(CC=C)c2ccccc2Cl)N([C@H](CO)c2ccccc2)C(=O)[C@@H]13. The van der Waals surface area contributed by atoms with Crippen molar-refractivity contribution in [2.45, 2.75) is 60.9 Å². The molecule has 2 bridgehead atoms. The van der Waals surface area contributed by atoms with Gasteiger partial charge in [-0.25, -0.2) is 0 Å². The highest BCUT2D eigenvalue weighted by atomic mass is 79.9. The molecule has 3 aliphatic heterocycles. The monoisotopic (exact) mass is 727 g/mol. The summed E-state index contributed by atoms with van der Waals surface area (Å²) in [4.78, 5) is 58.1. The minimum Gasteiger partial charge on any atom is -0.460 e. The number of anilines is 1. The third-order valence-corrected chi connectivity index (χ3v) is 10.3. The number of allylic oxidation sites excluding steroid dienone is 1. The number of rotatable bonds is 14. The molecule has 2 N–H and O–H groups in total. The molecule has 2 aromatic rings. The summed E-state index contributed by atoms with van der Waals surface area (Å²) in [6, 6.07) is 13.7.